The second-order valence-electron chi connectivity index (χ2n) is 5.77. The van der Waals surface area contributed by atoms with Gasteiger partial charge in [0.25, 0.3) is 0 Å². The van der Waals surface area contributed by atoms with Gasteiger partial charge >= 0.3 is 0 Å². The van der Waals surface area contributed by atoms with Crippen LogP contribution >= 0.6 is 11.8 Å². The molecule has 1 saturated heterocycles. The number of rotatable bonds is 4. The Bertz CT molecular complexity index is 432. The van der Waals surface area contributed by atoms with E-state index in [4.69, 9.17) is 4.74 Å². The average Bonchev–Trinajstić information content (AvgIpc) is 2.22. The van der Waals surface area contributed by atoms with Crippen LogP contribution in [0.25, 0.3) is 0 Å². The monoisotopic (exact) mass is 287 g/mol. The zero-order chi connectivity index (χ0) is 14.0. The maximum absolute atomic E-state index is 13.9. The van der Waals surface area contributed by atoms with Crippen molar-refractivity contribution in [2.24, 2.45) is 0 Å². The highest BCUT2D eigenvalue weighted by Crippen LogP contribution is 2.32. The summed E-state index contributed by atoms with van der Waals surface area (Å²) in [5.41, 5.74) is 0.544. The molecule has 0 atom stereocenters. The molecule has 0 radical (unpaired) electrons. The first-order valence-electron chi connectivity index (χ1n) is 6.32. The fourth-order valence-corrected chi connectivity index (χ4v) is 2.65. The topological polar surface area (TPSA) is 21.3 Å². The predicted molar refractivity (Wildman–Crippen MR) is 73.4 cm³/mol. The Morgan fingerprint density at radius 3 is 2.26 bits per heavy atom. The van der Waals surface area contributed by atoms with E-state index in [0.29, 0.717) is 25.3 Å². The van der Waals surface area contributed by atoms with Crippen LogP contribution in [0, 0.1) is 11.6 Å². The van der Waals surface area contributed by atoms with Crippen LogP contribution in [0.15, 0.2) is 17.0 Å². The third kappa shape index (κ3) is 4.16. The first-order valence-corrected chi connectivity index (χ1v) is 7.20. The summed E-state index contributed by atoms with van der Waals surface area (Å²) >= 11 is 1.22. The molecule has 1 aromatic rings. The first-order chi connectivity index (χ1) is 8.85. The van der Waals surface area contributed by atoms with Crippen LogP contribution in [0.2, 0.25) is 0 Å². The zero-order valence-corrected chi connectivity index (χ0v) is 12.2. The summed E-state index contributed by atoms with van der Waals surface area (Å²) in [6, 6.07) is 2.81. The molecule has 1 aliphatic heterocycles. The van der Waals surface area contributed by atoms with Crippen LogP contribution in [0.5, 0.6) is 0 Å². The van der Waals surface area contributed by atoms with Crippen LogP contribution in [0.4, 0.5) is 8.78 Å². The van der Waals surface area contributed by atoms with E-state index in [-0.39, 0.29) is 15.7 Å². The van der Waals surface area contributed by atoms with Crippen molar-refractivity contribution in [3.05, 3.63) is 29.3 Å². The fourth-order valence-electron chi connectivity index (χ4n) is 1.64. The molecule has 0 spiro atoms. The van der Waals surface area contributed by atoms with E-state index < -0.39 is 11.6 Å². The number of halogens is 2. The van der Waals surface area contributed by atoms with Crippen LogP contribution < -0.4 is 5.32 Å². The van der Waals surface area contributed by atoms with Gasteiger partial charge in [0, 0.05) is 12.1 Å². The second kappa shape index (κ2) is 5.77. The number of hydrogen-bond acceptors (Lipinski definition) is 3. The molecule has 1 heterocycles. The maximum Gasteiger partial charge on any atom is 0.140 e. The normalized spacial score (nSPS) is 16.5. The number of nitrogens with one attached hydrogen (secondary N) is 1. The number of hydrogen-bond donors (Lipinski definition) is 1. The van der Waals surface area contributed by atoms with Crippen molar-refractivity contribution < 1.29 is 13.5 Å². The van der Waals surface area contributed by atoms with Crippen molar-refractivity contribution in [1.29, 1.82) is 0 Å². The Morgan fingerprint density at radius 1 is 1.26 bits per heavy atom. The van der Waals surface area contributed by atoms with E-state index in [1.165, 1.54) is 23.9 Å². The molecule has 0 bridgehead atoms. The molecular weight excluding hydrogens is 268 g/mol. The van der Waals surface area contributed by atoms with Crippen LogP contribution in [-0.2, 0) is 11.3 Å². The highest BCUT2D eigenvalue weighted by atomic mass is 32.2. The molecule has 106 valence electrons. The Labute approximate surface area is 116 Å². The summed E-state index contributed by atoms with van der Waals surface area (Å²) in [5, 5.41) is 3.38. The van der Waals surface area contributed by atoms with Gasteiger partial charge in [-0.1, -0.05) is 0 Å². The van der Waals surface area contributed by atoms with Gasteiger partial charge in [-0.2, -0.15) is 0 Å². The van der Waals surface area contributed by atoms with E-state index in [9.17, 15) is 8.78 Å². The lowest BCUT2D eigenvalue weighted by Gasteiger charge is -2.25. The molecule has 5 heteroatoms. The second-order valence-corrected chi connectivity index (χ2v) is 7.08. The largest absolute Gasteiger partial charge is 0.379 e. The van der Waals surface area contributed by atoms with E-state index in [1.54, 1.807) is 0 Å². The van der Waals surface area contributed by atoms with Crippen molar-refractivity contribution in [2.45, 2.75) is 43.0 Å². The molecular formula is C14H19F2NOS. The average molecular weight is 287 g/mol. The van der Waals surface area contributed by atoms with E-state index in [1.807, 2.05) is 20.8 Å². The van der Waals surface area contributed by atoms with Gasteiger partial charge < -0.3 is 10.1 Å². The third-order valence-corrected chi connectivity index (χ3v) is 4.00. The standard InChI is InChI=1S/C14H19F2NOS/c1-14(2,3)17-6-9-4-11(15)13(12(16)5-9)19-10-7-18-8-10/h4-5,10,17H,6-8H2,1-3H3. The van der Waals surface area contributed by atoms with Gasteiger partial charge in [0.05, 0.1) is 23.4 Å². The summed E-state index contributed by atoms with van der Waals surface area (Å²) < 4.78 is 32.9. The molecule has 2 rings (SSSR count). The minimum absolute atomic E-state index is 0.0797. The minimum atomic E-state index is -0.484. The number of ether oxygens (including phenoxy) is 1. The lowest BCUT2D eigenvalue weighted by atomic mass is 10.1. The van der Waals surface area contributed by atoms with Gasteiger partial charge in [-0.05, 0) is 38.5 Å². The molecule has 19 heavy (non-hydrogen) atoms. The molecule has 0 aliphatic carbocycles. The van der Waals surface area contributed by atoms with Gasteiger partial charge in [-0.3, -0.25) is 0 Å². The van der Waals surface area contributed by atoms with Gasteiger partial charge in [0.2, 0.25) is 0 Å². The lowest BCUT2D eigenvalue weighted by Crippen LogP contribution is -2.35. The Kier molecular flexibility index (Phi) is 4.48. The number of thioether (sulfide) groups is 1. The highest BCUT2D eigenvalue weighted by Gasteiger charge is 2.23. The smallest absolute Gasteiger partial charge is 0.140 e. The van der Waals surface area contributed by atoms with E-state index >= 15 is 0 Å². The fraction of sp³-hybridized carbons (Fsp3) is 0.571. The quantitative estimate of drug-likeness (QED) is 0.917. The third-order valence-electron chi connectivity index (χ3n) is 2.77. The first kappa shape index (κ1) is 14.8. The molecule has 0 saturated carbocycles. The molecule has 0 aromatic heterocycles. The van der Waals surface area contributed by atoms with Crippen LogP contribution in [-0.4, -0.2) is 24.0 Å². The molecule has 0 unspecified atom stereocenters. The predicted octanol–water partition coefficient (Wildman–Crippen LogP) is 3.34. The molecule has 1 N–H and O–H groups in total. The Morgan fingerprint density at radius 2 is 1.84 bits per heavy atom. The van der Waals surface area contributed by atoms with Gasteiger partial charge in [0.15, 0.2) is 0 Å². The van der Waals surface area contributed by atoms with Crippen molar-refractivity contribution in [1.82, 2.24) is 5.32 Å². The SMILES string of the molecule is CC(C)(C)NCc1cc(F)c(SC2COC2)c(F)c1. The minimum Gasteiger partial charge on any atom is -0.379 e. The lowest BCUT2D eigenvalue weighted by molar-refractivity contribution is 0.0454. The van der Waals surface area contributed by atoms with Gasteiger partial charge in [0.1, 0.15) is 11.6 Å². The van der Waals surface area contributed by atoms with Crippen molar-refractivity contribution >= 4 is 11.8 Å². The van der Waals surface area contributed by atoms with Crippen molar-refractivity contribution in [2.75, 3.05) is 13.2 Å². The molecule has 2 nitrogen and oxygen atoms in total. The molecule has 1 aliphatic rings. The van der Waals surface area contributed by atoms with Gasteiger partial charge in [-0.25, -0.2) is 8.78 Å². The zero-order valence-electron chi connectivity index (χ0n) is 11.4. The summed E-state index contributed by atoms with van der Waals surface area (Å²) in [7, 11) is 0. The summed E-state index contributed by atoms with van der Waals surface area (Å²) in [6.45, 7) is 7.63. The van der Waals surface area contributed by atoms with Crippen molar-refractivity contribution in [3.63, 3.8) is 0 Å². The Hall–Kier alpha value is -0.650. The van der Waals surface area contributed by atoms with Crippen molar-refractivity contribution in [3.8, 4) is 0 Å². The summed E-state index contributed by atoms with van der Waals surface area (Å²) in [6.07, 6.45) is 0. The summed E-state index contributed by atoms with van der Waals surface area (Å²) in [5.74, 6) is -0.967. The molecule has 0 amide bonds. The molecule has 1 aromatic carbocycles. The van der Waals surface area contributed by atoms with E-state index in [0.717, 1.165) is 0 Å². The van der Waals surface area contributed by atoms with Crippen LogP contribution in [0.1, 0.15) is 26.3 Å². The van der Waals surface area contributed by atoms with Crippen LogP contribution in [0.3, 0.4) is 0 Å². The summed E-state index contributed by atoms with van der Waals surface area (Å²) in [4.78, 5) is 0.104. The Balaban J connectivity index is 2.07. The van der Waals surface area contributed by atoms with Gasteiger partial charge in [-0.15, -0.1) is 11.8 Å². The highest BCUT2D eigenvalue weighted by molar-refractivity contribution is 8.00. The maximum atomic E-state index is 13.9. The number of benzene rings is 1. The van der Waals surface area contributed by atoms with E-state index in [2.05, 4.69) is 5.32 Å². The molecule has 1 fully saturated rings.